The van der Waals surface area contributed by atoms with Crippen LogP contribution in [0.3, 0.4) is 0 Å². The Morgan fingerprint density at radius 3 is 2.41 bits per heavy atom. The molecular formula is C23H28N4. The highest BCUT2D eigenvalue weighted by Crippen LogP contribution is 2.43. The molecule has 0 radical (unpaired) electrons. The molecule has 0 bridgehead atoms. The molecule has 0 fully saturated rings. The van der Waals surface area contributed by atoms with Crippen LogP contribution < -0.4 is 4.90 Å². The van der Waals surface area contributed by atoms with E-state index < -0.39 is 0 Å². The Morgan fingerprint density at radius 1 is 0.963 bits per heavy atom. The summed E-state index contributed by atoms with van der Waals surface area (Å²) >= 11 is 0. The van der Waals surface area contributed by atoms with Gasteiger partial charge in [0.15, 0.2) is 0 Å². The summed E-state index contributed by atoms with van der Waals surface area (Å²) in [5, 5.41) is 9.30. The van der Waals surface area contributed by atoms with Crippen molar-refractivity contribution in [3.63, 3.8) is 0 Å². The molecule has 1 aliphatic heterocycles. The number of nitrogens with zero attached hydrogens (tertiary/aromatic N) is 4. The Bertz CT molecular complexity index is 978. The van der Waals surface area contributed by atoms with Gasteiger partial charge in [-0.05, 0) is 45.2 Å². The summed E-state index contributed by atoms with van der Waals surface area (Å²) in [6.07, 6.45) is 1.00. The van der Waals surface area contributed by atoms with E-state index in [1.54, 1.807) is 0 Å². The maximum absolute atomic E-state index is 4.70. The number of aryl methyl sites for hydroxylation is 1. The molecule has 140 valence electrons. The van der Waals surface area contributed by atoms with E-state index in [0.29, 0.717) is 0 Å². The summed E-state index contributed by atoms with van der Waals surface area (Å²) in [5.74, 6) is 0. The second-order valence-corrected chi connectivity index (χ2v) is 8.21. The standard InChI is InChI=1S/C23H28N4/c1-6-16-12-10-14-19-20-22(27(25-24-20)23(3,4)5)18-13-9-8-11-17(18)15-26(7-2)21(16)19/h8-14H,6-7,15H2,1-5H3. The van der Waals surface area contributed by atoms with Crippen LogP contribution in [0.4, 0.5) is 5.69 Å². The van der Waals surface area contributed by atoms with Gasteiger partial charge in [0.1, 0.15) is 5.69 Å². The molecule has 4 rings (SSSR count). The molecule has 0 saturated carbocycles. The minimum Gasteiger partial charge on any atom is -0.367 e. The molecule has 0 amide bonds. The Labute approximate surface area is 161 Å². The highest BCUT2D eigenvalue weighted by Gasteiger charge is 2.30. The number of anilines is 1. The number of aromatic nitrogens is 3. The molecule has 1 aliphatic rings. The van der Waals surface area contributed by atoms with Crippen molar-refractivity contribution in [1.29, 1.82) is 0 Å². The largest absolute Gasteiger partial charge is 0.367 e. The van der Waals surface area contributed by atoms with Crippen molar-refractivity contribution in [1.82, 2.24) is 15.0 Å². The Balaban J connectivity index is 2.12. The highest BCUT2D eigenvalue weighted by atomic mass is 15.5. The van der Waals surface area contributed by atoms with E-state index in [1.807, 2.05) is 0 Å². The monoisotopic (exact) mass is 360 g/mol. The Hall–Kier alpha value is -2.62. The van der Waals surface area contributed by atoms with Gasteiger partial charge in [-0.2, -0.15) is 0 Å². The van der Waals surface area contributed by atoms with E-state index in [2.05, 4.69) is 91.9 Å². The predicted octanol–water partition coefficient (Wildman–Crippen LogP) is 5.27. The van der Waals surface area contributed by atoms with Crippen LogP contribution in [0.15, 0.2) is 42.5 Å². The summed E-state index contributed by atoms with van der Waals surface area (Å²) in [5.41, 5.74) is 8.40. The summed E-state index contributed by atoms with van der Waals surface area (Å²) < 4.78 is 2.09. The second kappa shape index (κ2) is 6.52. The van der Waals surface area contributed by atoms with E-state index in [1.165, 1.54) is 27.9 Å². The van der Waals surface area contributed by atoms with Crippen molar-refractivity contribution in [3.05, 3.63) is 53.6 Å². The first-order valence-electron chi connectivity index (χ1n) is 9.87. The first-order chi connectivity index (χ1) is 13.0. The lowest BCUT2D eigenvalue weighted by atomic mass is 9.92. The molecule has 0 saturated heterocycles. The van der Waals surface area contributed by atoms with Crippen LogP contribution in [0.25, 0.3) is 22.5 Å². The fraction of sp³-hybridized carbons (Fsp3) is 0.391. The minimum atomic E-state index is -0.139. The summed E-state index contributed by atoms with van der Waals surface area (Å²) in [7, 11) is 0. The first-order valence-corrected chi connectivity index (χ1v) is 9.87. The van der Waals surface area contributed by atoms with Gasteiger partial charge in [-0.1, -0.05) is 54.6 Å². The van der Waals surface area contributed by atoms with Gasteiger partial charge in [-0.3, -0.25) is 0 Å². The third-order valence-corrected chi connectivity index (χ3v) is 5.39. The lowest BCUT2D eigenvalue weighted by molar-refractivity contribution is 0.351. The molecule has 4 nitrogen and oxygen atoms in total. The number of hydrogen-bond acceptors (Lipinski definition) is 3. The van der Waals surface area contributed by atoms with Gasteiger partial charge in [-0.15, -0.1) is 5.10 Å². The number of benzene rings is 2. The zero-order chi connectivity index (χ0) is 19.2. The molecule has 1 aromatic heterocycles. The van der Waals surface area contributed by atoms with Gasteiger partial charge in [0.2, 0.25) is 0 Å². The second-order valence-electron chi connectivity index (χ2n) is 8.21. The summed E-state index contributed by atoms with van der Waals surface area (Å²) in [4.78, 5) is 2.48. The number of para-hydroxylation sites is 1. The van der Waals surface area contributed by atoms with Crippen LogP contribution in [-0.2, 0) is 18.5 Å². The molecule has 0 atom stereocenters. The van der Waals surface area contributed by atoms with Crippen LogP contribution in [0, 0.1) is 0 Å². The molecule has 3 aromatic rings. The van der Waals surface area contributed by atoms with Crippen LogP contribution in [0.1, 0.15) is 45.7 Å². The molecule has 0 unspecified atom stereocenters. The average Bonchev–Trinajstić information content (AvgIpc) is 3.09. The number of fused-ring (bicyclic) bond motifs is 5. The van der Waals surface area contributed by atoms with Crippen LogP contribution in [0.5, 0.6) is 0 Å². The van der Waals surface area contributed by atoms with Crippen molar-refractivity contribution < 1.29 is 0 Å². The smallest absolute Gasteiger partial charge is 0.123 e. The van der Waals surface area contributed by atoms with Gasteiger partial charge < -0.3 is 4.90 Å². The van der Waals surface area contributed by atoms with E-state index in [-0.39, 0.29) is 5.54 Å². The van der Waals surface area contributed by atoms with Crippen molar-refractivity contribution >= 4 is 5.69 Å². The molecule has 0 N–H and O–H groups in total. The zero-order valence-electron chi connectivity index (χ0n) is 17.0. The van der Waals surface area contributed by atoms with Crippen molar-refractivity contribution in [2.24, 2.45) is 0 Å². The van der Waals surface area contributed by atoms with Gasteiger partial charge in [0.25, 0.3) is 0 Å². The van der Waals surface area contributed by atoms with Gasteiger partial charge in [0.05, 0.1) is 11.2 Å². The van der Waals surface area contributed by atoms with Gasteiger partial charge >= 0.3 is 0 Å². The zero-order valence-corrected chi connectivity index (χ0v) is 17.0. The lowest BCUT2D eigenvalue weighted by Crippen LogP contribution is -2.27. The maximum Gasteiger partial charge on any atom is 0.123 e. The highest BCUT2D eigenvalue weighted by molar-refractivity contribution is 5.89. The van der Waals surface area contributed by atoms with Crippen molar-refractivity contribution in [2.75, 3.05) is 11.4 Å². The third kappa shape index (κ3) is 2.84. The molecular weight excluding hydrogens is 332 g/mol. The van der Waals surface area contributed by atoms with Crippen LogP contribution in [-0.4, -0.2) is 21.5 Å². The average molecular weight is 361 g/mol. The summed E-state index contributed by atoms with van der Waals surface area (Å²) in [6.45, 7) is 12.9. The number of rotatable bonds is 2. The number of hydrogen-bond donors (Lipinski definition) is 0. The third-order valence-electron chi connectivity index (χ3n) is 5.39. The van der Waals surface area contributed by atoms with E-state index in [9.17, 15) is 0 Å². The lowest BCUT2D eigenvalue weighted by Gasteiger charge is -2.32. The summed E-state index contributed by atoms with van der Waals surface area (Å²) in [6, 6.07) is 15.3. The van der Waals surface area contributed by atoms with Gasteiger partial charge in [0, 0.05) is 29.9 Å². The first kappa shape index (κ1) is 17.8. The van der Waals surface area contributed by atoms with E-state index >= 15 is 0 Å². The SMILES string of the molecule is CCc1cccc2c1N(CC)Cc1ccccc1-c1c-2nnn1C(C)(C)C. The quantitative estimate of drug-likeness (QED) is 0.624. The molecule has 0 spiro atoms. The molecule has 2 aromatic carbocycles. The fourth-order valence-corrected chi connectivity index (χ4v) is 4.06. The Morgan fingerprint density at radius 2 is 1.70 bits per heavy atom. The topological polar surface area (TPSA) is 34.0 Å². The van der Waals surface area contributed by atoms with Crippen molar-refractivity contribution in [3.8, 4) is 22.5 Å². The van der Waals surface area contributed by atoms with Crippen LogP contribution in [0.2, 0.25) is 0 Å². The molecule has 2 heterocycles. The minimum absolute atomic E-state index is 0.139. The van der Waals surface area contributed by atoms with Crippen molar-refractivity contribution in [2.45, 2.75) is 53.1 Å². The van der Waals surface area contributed by atoms with E-state index in [0.717, 1.165) is 30.9 Å². The molecule has 4 heteroatoms. The maximum atomic E-state index is 4.70. The van der Waals surface area contributed by atoms with E-state index in [4.69, 9.17) is 5.10 Å². The molecule has 27 heavy (non-hydrogen) atoms. The molecule has 0 aliphatic carbocycles. The fourth-order valence-electron chi connectivity index (χ4n) is 4.06. The normalized spacial score (nSPS) is 13.4. The predicted molar refractivity (Wildman–Crippen MR) is 112 cm³/mol. The van der Waals surface area contributed by atoms with Gasteiger partial charge in [-0.25, -0.2) is 4.68 Å². The Kier molecular flexibility index (Phi) is 4.29. The van der Waals surface area contributed by atoms with Crippen LogP contribution >= 0.6 is 0 Å².